The highest BCUT2D eigenvalue weighted by Crippen LogP contribution is 2.21. The molecule has 0 amide bonds. The van der Waals surface area contributed by atoms with Gasteiger partial charge in [-0.2, -0.15) is 0 Å². The number of rotatable bonds is 3. The third-order valence-corrected chi connectivity index (χ3v) is 4.93. The maximum absolute atomic E-state index is 12.3. The van der Waals surface area contributed by atoms with Gasteiger partial charge < -0.3 is 0 Å². The molecular weight excluding hydrogens is 316 g/mol. The molecule has 20 heavy (non-hydrogen) atoms. The molecule has 0 bridgehead atoms. The Kier molecular flexibility index (Phi) is 4.54. The Morgan fingerprint density at radius 3 is 3.00 bits per heavy atom. The Balaban J connectivity index is 1.59. The van der Waals surface area contributed by atoms with E-state index in [1.807, 2.05) is 24.3 Å². The number of hydrogen-bond donors (Lipinski definition) is 0. The number of benzene rings is 1. The fourth-order valence-corrected chi connectivity index (χ4v) is 3.72. The minimum atomic E-state index is 0.232. The van der Waals surface area contributed by atoms with Gasteiger partial charge in [-0.15, -0.1) is 0 Å². The van der Waals surface area contributed by atoms with E-state index in [1.165, 1.54) is 25.8 Å². The smallest absolute Gasteiger partial charge is 0.176 e. The SMILES string of the molecule is O=C(CN1CCN2CCCCC2C1)c1cccc(Br)c1. The lowest BCUT2D eigenvalue weighted by Crippen LogP contribution is -2.55. The number of carbonyl (C=O) groups excluding carboxylic acids is 1. The number of ketones is 1. The normalized spacial score (nSPS) is 24.4. The summed E-state index contributed by atoms with van der Waals surface area (Å²) in [7, 11) is 0. The number of piperidine rings is 1. The molecule has 4 heteroatoms. The van der Waals surface area contributed by atoms with Crippen molar-refractivity contribution >= 4 is 21.7 Å². The number of hydrogen-bond acceptors (Lipinski definition) is 3. The zero-order valence-electron chi connectivity index (χ0n) is 11.7. The lowest BCUT2D eigenvalue weighted by Gasteiger charge is -2.43. The summed E-state index contributed by atoms with van der Waals surface area (Å²) in [6.45, 7) is 5.01. The van der Waals surface area contributed by atoms with E-state index in [1.54, 1.807) is 0 Å². The third kappa shape index (κ3) is 3.30. The van der Waals surface area contributed by atoms with Crippen molar-refractivity contribution in [1.29, 1.82) is 0 Å². The van der Waals surface area contributed by atoms with Gasteiger partial charge in [0.15, 0.2) is 5.78 Å². The molecule has 0 aromatic heterocycles. The van der Waals surface area contributed by atoms with Crippen molar-refractivity contribution in [2.75, 3.05) is 32.7 Å². The van der Waals surface area contributed by atoms with Crippen molar-refractivity contribution < 1.29 is 4.79 Å². The van der Waals surface area contributed by atoms with E-state index in [9.17, 15) is 4.79 Å². The van der Waals surface area contributed by atoms with Crippen molar-refractivity contribution in [2.45, 2.75) is 25.3 Å². The van der Waals surface area contributed by atoms with Gasteiger partial charge in [0.25, 0.3) is 0 Å². The van der Waals surface area contributed by atoms with Crippen LogP contribution in [0.4, 0.5) is 0 Å². The minimum absolute atomic E-state index is 0.232. The first-order valence-corrected chi connectivity index (χ1v) is 8.27. The van der Waals surface area contributed by atoms with Crippen LogP contribution in [0, 0.1) is 0 Å². The van der Waals surface area contributed by atoms with Gasteiger partial charge in [-0.1, -0.05) is 34.5 Å². The highest BCUT2D eigenvalue weighted by Gasteiger charge is 2.29. The second-order valence-electron chi connectivity index (χ2n) is 5.85. The molecule has 2 heterocycles. The molecule has 2 aliphatic heterocycles. The quantitative estimate of drug-likeness (QED) is 0.793. The molecule has 3 rings (SSSR count). The molecule has 1 aromatic carbocycles. The lowest BCUT2D eigenvalue weighted by molar-refractivity contribution is 0.0469. The molecule has 0 spiro atoms. The molecule has 0 saturated carbocycles. The Morgan fingerprint density at radius 2 is 2.15 bits per heavy atom. The summed E-state index contributed by atoms with van der Waals surface area (Å²) in [4.78, 5) is 17.3. The largest absolute Gasteiger partial charge is 0.298 e. The van der Waals surface area contributed by atoms with Gasteiger partial charge in [0, 0.05) is 35.7 Å². The fourth-order valence-electron chi connectivity index (χ4n) is 3.32. The minimum Gasteiger partial charge on any atom is -0.298 e. The molecule has 1 atom stereocenters. The highest BCUT2D eigenvalue weighted by molar-refractivity contribution is 9.10. The second kappa shape index (κ2) is 6.37. The first-order valence-electron chi connectivity index (χ1n) is 7.47. The van der Waals surface area contributed by atoms with Gasteiger partial charge in [0.05, 0.1) is 6.54 Å². The zero-order valence-corrected chi connectivity index (χ0v) is 13.3. The maximum Gasteiger partial charge on any atom is 0.176 e. The molecular formula is C16H21BrN2O. The zero-order chi connectivity index (χ0) is 13.9. The van der Waals surface area contributed by atoms with E-state index >= 15 is 0 Å². The molecule has 1 aromatic rings. The van der Waals surface area contributed by atoms with Crippen LogP contribution in [0.15, 0.2) is 28.7 Å². The maximum atomic E-state index is 12.3. The lowest BCUT2D eigenvalue weighted by atomic mass is 9.99. The van der Waals surface area contributed by atoms with Gasteiger partial charge in [-0.05, 0) is 31.5 Å². The average molecular weight is 337 g/mol. The van der Waals surface area contributed by atoms with Crippen LogP contribution in [-0.4, -0.2) is 54.3 Å². The van der Waals surface area contributed by atoms with E-state index in [-0.39, 0.29) is 5.78 Å². The molecule has 3 nitrogen and oxygen atoms in total. The summed E-state index contributed by atoms with van der Waals surface area (Å²) in [5, 5.41) is 0. The van der Waals surface area contributed by atoms with Crippen LogP contribution in [-0.2, 0) is 0 Å². The Hall–Kier alpha value is -0.710. The van der Waals surface area contributed by atoms with Crippen molar-refractivity contribution in [3.05, 3.63) is 34.3 Å². The molecule has 2 aliphatic rings. The summed E-state index contributed by atoms with van der Waals surface area (Å²) >= 11 is 3.43. The number of fused-ring (bicyclic) bond motifs is 1. The monoisotopic (exact) mass is 336 g/mol. The Morgan fingerprint density at radius 1 is 1.25 bits per heavy atom. The van der Waals surface area contributed by atoms with Crippen LogP contribution in [0.2, 0.25) is 0 Å². The van der Waals surface area contributed by atoms with Crippen LogP contribution in [0.3, 0.4) is 0 Å². The molecule has 1 unspecified atom stereocenters. The van der Waals surface area contributed by atoms with Gasteiger partial charge in [-0.25, -0.2) is 0 Å². The molecule has 108 valence electrons. The molecule has 0 N–H and O–H groups in total. The number of carbonyl (C=O) groups is 1. The van der Waals surface area contributed by atoms with E-state index in [2.05, 4.69) is 25.7 Å². The second-order valence-corrected chi connectivity index (χ2v) is 6.77. The number of nitrogens with zero attached hydrogens (tertiary/aromatic N) is 2. The van der Waals surface area contributed by atoms with Gasteiger partial charge >= 0.3 is 0 Å². The average Bonchev–Trinajstić information content (AvgIpc) is 2.47. The summed E-state index contributed by atoms with van der Waals surface area (Å²) < 4.78 is 0.973. The van der Waals surface area contributed by atoms with E-state index in [0.717, 1.165) is 29.7 Å². The van der Waals surface area contributed by atoms with Crippen LogP contribution >= 0.6 is 15.9 Å². The van der Waals surface area contributed by atoms with E-state index < -0.39 is 0 Å². The van der Waals surface area contributed by atoms with Crippen molar-refractivity contribution in [2.24, 2.45) is 0 Å². The Labute approximate surface area is 129 Å². The summed E-state index contributed by atoms with van der Waals surface area (Å²) in [6, 6.07) is 8.38. The fraction of sp³-hybridized carbons (Fsp3) is 0.562. The topological polar surface area (TPSA) is 23.6 Å². The number of piperazine rings is 1. The summed E-state index contributed by atoms with van der Waals surface area (Å²) in [5.74, 6) is 0.232. The number of Topliss-reactive ketones (excluding diaryl/α,β-unsaturated/α-hetero) is 1. The first-order chi connectivity index (χ1) is 9.72. The molecule has 2 fully saturated rings. The summed E-state index contributed by atoms with van der Waals surface area (Å²) in [5.41, 5.74) is 0.811. The van der Waals surface area contributed by atoms with Gasteiger partial charge in [0.2, 0.25) is 0 Å². The standard InChI is InChI=1S/C16H21BrN2O/c17-14-5-3-4-13(10-14)16(20)12-18-8-9-19-7-2-1-6-15(19)11-18/h3-5,10,15H,1-2,6-9,11-12H2. The Bertz CT molecular complexity index is 491. The first kappa shape index (κ1) is 14.2. The van der Waals surface area contributed by atoms with Crippen molar-refractivity contribution in [3.63, 3.8) is 0 Å². The van der Waals surface area contributed by atoms with Crippen LogP contribution in [0.5, 0.6) is 0 Å². The van der Waals surface area contributed by atoms with Gasteiger partial charge in [-0.3, -0.25) is 14.6 Å². The predicted octanol–water partition coefficient (Wildman–Crippen LogP) is 2.80. The molecule has 2 saturated heterocycles. The summed E-state index contributed by atoms with van der Waals surface area (Å²) in [6.07, 6.45) is 3.98. The predicted molar refractivity (Wildman–Crippen MR) is 84.1 cm³/mol. The van der Waals surface area contributed by atoms with E-state index in [4.69, 9.17) is 0 Å². The van der Waals surface area contributed by atoms with E-state index in [0.29, 0.717) is 12.6 Å². The number of halogens is 1. The van der Waals surface area contributed by atoms with Crippen LogP contribution < -0.4 is 0 Å². The third-order valence-electron chi connectivity index (χ3n) is 4.44. The van der Waals surface area contributed by atoms with Crippen molar-refractivity contribution in [1.82, 2.24) is 9.80 Å². The molecule has 0 aliphatic carbocycles. The van der Waals surface area contributed by atoms with Crippen LogP contribution in [0.1, 0.15) is 29.6 Å². The van der Waals surface area contributed by atoms with Gasteiger partial charge in [0.1, 0.15) is 0 Å². The van der Waals surface area contributed by atoms with Crippen molar-refractivity contribution in [3.8, 4) is 0 Å². The van der Waals surface area contributed by atoms with Crippen LogP contribution in [0.25, 0.3) is 0 Å². The highest BCUT2D eigenvalue weighted by atomic mass is 79.9. The molecule has 0 radical (unpaired) electrons.